The van der Waals surface area contributed by atoms with E-state index in [-0.39, 0.29) is 5.82 Å². The fourth-order valence-electron chi connectivity index (χ4n) is 5.29. The highest BCUT2D eigenvalue weighted by Gasteiger charge is 2.20. The van der Waals surface area contributed by atoms with Crippen LogP contribution in [0.3, 0.4) is 0 Å². The normalized spacial score (nSPS) is 16.0. The number of fused-ring (bicyclic) bond motifs is 1. The number of para-hydroxylation sites is 1. The molecule has 0 radical (unpaired) electrons. The van der Waals surface area contributed by atoms with Crippen LogP contribution >= 0.6 is 0 Å². The van der Waals surface area contributed by atoms with Crippen molar-refractivity contribution in [2.24, 2.45) is 0 Å². The highest BCUT2D eigenvalue weighted by molar-refractivity contribution is 5.94. The zero-order valence-electron chi connectivity index (χ0n) is 23.2. The number of aromatic nitrogens is 2. The number of amides is 1. The number of benzene rings is 3. The highest BCUT2D eigenvalue weighted by Crippen LogP contribution is 2.32. The van der Waals surface area contributed by atoms with Crippen LogP contribution < -0.4 is 15.0 Å². The Morgan fingerprint density at radius 3 is 2.52 bits per heavy atom. The van der Waals surface area contributed by atoms with Gasteiger partial charge in [-0.2, -0.15) is 0 Å². The molecular formula is C31H33FN6O4. The van der Waals surface area contributed by atoms with Crippen LogP contribution in [-0.2, 0) is 4.74 Å². The van der Waals surface area contributed by atoms with E-state index in [1.807, 2.05) is 42.5 Å². The molecule has 218 valence electrons. The molecule has 42 heavy (non-hydrogen) atoms. The van der Waals surface area contributed by atoms with Gasteiger partial charge in [0.05, 0.1) is 18.7 Å². The number of nitrogens with zero attached hydrogens (tertiary/aromatic N) is 5. The number of morpholine rings is 1. The molecule has 0 aliphatic carbocycles. The zero-order valence-corrected chi connectivity index (χ0v) is 23.2. The van der Waals surface area contributed by atoms with Gasteiger partial charge in [-0.1, -0.05) is 18.2 Å². The topological polar surface area (TPSA) is 103 Å². The van der Waals surface area contributed by atoms with Gasteiger partial charge in [0, 0.05) is 79.9 Å². The molecule has 11 heteroatoms. The smallest absolute Gasteiger partial charge is 0.407 e. The maximum Gasteiger partial charge on any atom is 0.407 e. The standard InChI is InChI=1S/C31H33FN6O4/c32-28-9-8-25(42-19-16-36-14-17-41-18-15-36)20-27(28)26-3-1-2-22-21-33-30(35-29(22)26)34-23-4-6-24(7-5-23)37-10-12-38(13-11-37)31(39)40/h1-9,20-21H,10-19H2,(H,39,40)(H,33,34,35). The van der Waals surface area contributed by atoms with Gasteiger partial charge >= 0.3 is 6.09 Å². The van der Waals surface area contributed by atoms with Gasteiger partial charge in [0.2, 0.25) is 5.95 Å². The number of anilines is 3. The lowest BCUT2D eigenvalue weighted by Crippen LogP contribution is -2.48. The number of rotatable bonds is 8. The quantitative estimate of drug-likeness (QED) is 0.311. The monoisotopic (exact) mass is 572 g/mol. The van der Waals surface area contributed by atoms with Crippen LogP contribution in [0, 0.1) is 5.82 Å². The third-order valence-electron chi connectivity index (χ3n) is 7.66. The van der Waals surface area contributed by atoms with E-state index >= 15 is 4.39 Å². The van der Waals surface area contributed by atoms with Gasteiger partial charge in [0.15, 0.2) is 0 Å². The van der Waals surface area contributed by atoms with Crippen LogP contribution in [0.25, 0.3) is 22.0 Å². The molecule has 2 saturated heterocycles. The van der Waals surface area contributed by atoms with Crippen molar-refractivity contribution in [3.05, 3.63) is 72.7 Å². The fourth-order valence-corrected chi connectivity index (χ4v) is 5.29. The molecule has 4 aromatic rings. The first-order valence-electron chi connectivity index (χ1n) is 14.1. The maximum absolute atomic E-state index is 15.1. The first-order chi connectivity index (χ1) is 20.5. The zero-order chi connectivity index (χ0) is 28.9. The lowest BCUT2D eigenvalue weighted by atomic mass is 10.0. The third kappa shape index (κ3) is 6.37. The predicted molar refractivity (Wildman–Crippen MR) is 159 cm³/mol. The van der Waals surface area contributed by atoms with E-state index in [1.165, 1.54) is 11.0 Å². The molecule has 1 aromatic heterocycles. The van der Waals surface area contributed by atoms with Crippen molar-refractivity contribution in [3.8, 4) is 16.9 Å². The third-order valence-corrected chi connectivity index (χ3v) is 7.66. The largest absolute Gasteiger partial charge is 0.492 e. The van der Waals surface area contributed by atoms with Gasteiger partial charge in [-0.05, 0) is 42.5 Å². The molecule has 3 heterocycles. The number of nitrogens with one attached hydrogen (secondary N) is 1. The van der Waals surface area contributed by atoms with Crippen LogP contribution in [0.5, 0.6) is 5.75 Å². The maximum atomic E-state index is 15.1. The summed E-state index contributed by atoms with van der Waals surface area (Å²) in [6.07, 6.45) is 0.849. The second-order valence-corrected chi connectivity index (χ2v) is 10.3. The van der Waals surface area contributed by atoms with Crippen molar-refractivity contribution >= 4 is 34.3 Å². The Kier molecular flexibility index (Phi) is 8.29. The fraction of sp³-hybridized carbons (Fsp3) is 0.323. The molecule has 6 rings (SSSR count). The van der Waals surface area contributed by atoms with Crippen molar-refractivity contribution in [3.63, 3.8) is 0 Å². The van der Waals surface area contributed by atoms with Crippen LogP contribution in [0.15, 0.2) is 66.9 Å². The highest BCUT2D eigenvalue weighted by atomic mass is 19.1. The molecule has 3 aromatic carbocycles. The molecule has 0 spiro atoms. The first kappa shape index (κ1) is 27.7. The van der Waals surface area contributed by atoms with Gasteiger partial charge < -0.3 is 29.7 Å². The second kappa shape index (κ2) is 12.6. The van der Waals surface area contributed by atoms with Gasteiger partial charge in [0.25, 0.3) is 0 Å². The second-order valence-electron chi connectivity index (χ2n) is 10.3. The molecule has 10 nitrogen and oxygen atoms in total. The summed E-state index contributed by atoms with van der Waals surface area (Å²) < 4.78 is 26.5. The summed E-state index contributed by atoms with van der Waals surface area (Å²) >= 11 is 0. The summed E-state index contributed by atoms with van der Waals surface area (Å²) in [5.74, 6) is 0.653. The van der Waals surface area contributed by atoms with Crippen molar-refractivity contribution in [1.29, 1.82) is 0 Å². The number of ether oxygens (including phenoxy) is 2. The molecule has 0 saturated carbocycles. The van der Waals surface area contributed by atoms with Crippen LogP contribution in [0.1, 0.15) is 0 Å². The SMILES string of the molecule is O=C(O)N1CCN(c2ccc(Nc3ncc4cccc(-c5cc(OCCN6CCOCC6)ccc5F)c4n3)cc2)CC1. The van der Waals surface area contributed by atoms with E-state index in [2.05, 4.69) is 20.1 Å². The van der Waals surface area contributed by atoms with Crippen LogP contribution in [0.2, 0.25) is 0 Å². The Labute approximate surface area is 243 Å². The van der Waals surface area contributed by atoms with E-state index < -0.39 is 6.09 Å². The van der Waals surface area contributed by atoms with Crippen LogP contribution in [0.4, 0.5) is 26.5 Å². The average Bonchev–Trinajstić information content (AvgIpc) is 3.02. The summed E-state index contributed by atoms with van der Waals surface area (Å²) in [6, 6.07) is 18.3. The summed E-state index contributed by atoms with van der Waals surface area (Å²) in [5, 5.41) is 13.2. The number of hydrogen-bond donors (Lipinski definition) is 2. The molecule has 1 amide bonds. The molecular weight excluding hydrogens is 539 g/mol. The van der Waals surface area contributed by atoms with Crippen molar-refractivity contribution in [2.45, 2.75) is 0 Å². The number of piperazine rings is 1. The minimum atomic E-state index is -0.879. The Hall–Kier alpha value is -4.48. The Balaban J connectivity index is 1.17. The van der Waals surface area contributed by atoms with E-state index in [0.717, 1.165) is 49.6 Å². The summed E-state index contributed by atoms with van der Waals surface area (Å²) in [7, 11) is 0. The summed E-state index contributed by atoms with van der Waals surface area (Å²) in [4.78, 5) is 26.3. The average molecular weight is 573 g/mol. The molecule has 2 fully saturated rings. The molecule has 0 bridgehead atoms. The Morgan fingerprint density at radius 2 is 1.76 bits per heavy atom. The van der Waals surface area contributed by atoms with E-state index in [9.17, 15) is 9.90 Å². The van der Waals surface area contributed by atoms with Gasteiger partial charge in [0.1, 0.15) is 18.2 Å². The molecule has 0 atom stereocenters. The lowest BCUT2D eigenvalue weighted by molar-refractivity contribution is 0.0322. The minimum absolute atomic E-state index is 0.351. The number of halogens is 1. The van der Waals surface area contributed by atoms with Crippen molar-refractivity contribution in [1.82, 2.24) is 19.8 Å². The van der Waals surface area contributed by atoms with Crippen molar-refractivity contribution < 1.29 is 23.8 Å². The van der Waals surface area contributed by atoms with Crippen molar-refractivity contribution in [2.75, 3.05) is 75.9 Å². The van der Waals surface area contributed by atoms with Gasteiger partial charge in [-0.15, -0.1) is 0 Å². The van der Waals surface area contributed by atoms with Gasteiger partial charge in [-0.25, -0.2) is 19.2 Å². The lowest BCUT2D eigenvalue weighted by Gasteiger charge is -2.34. The van der Waals surface area contributed by atoms with Crippen LogP contribution in [-0.4, -0.2) is 96.6 Å². The number of carboxylic acid groups (broad SMARTS) is 1. The van der Waals surface area contributed by atoms with E-state index in [1.54, 1.807) is 18.3 Å². The van der Waals surface area contributed by atoms with E-state index in [4.69, 9.17) is 14.5 Å². The summed E-state index contributed by atoms with van der Waals surface area (Å²) in [5.41, 5.74) is 3.54. The van der Waals surface area contributed by atoms with E-state index in [0.29, 0.717) is 61.1 Å². The predicted octanol–water partition coefficient (Wildman–Crippen LogP) is 4.69. The molecule has 2 aliphatic rings. The Morgan fingerprint density at radius 1 is 0.976 bits per heavy atom. The first-order valence-corrected chi connectivity index (χ1v) is 14.1. The number of hydrogen-bond acceptors (Lipinski definition) is 8. The molecule has 0 unspecified atom stereocenters. The molecule has 2 aliphatic heterocycles. The summed E-state index contributed by atoms with van der Waals surface area (Å²) in [6.45, 7) is 6.79. The Bertz CT molecular complexity index is 1540. The van der Waals surface area contributed by atoms with Gasteiger partial charge in [-0.3, -0.25) is 4.90 Å². The minimum Gasteiger partial charge on any atom is -0.492 e. The molecule has 2 N–H and O–H groups in total. The number of carbonyl (C=O) groups is 1.